The van der Waals surface area contributed by atoms with Crippen LogP contribution in [0, 0.1) is 28.6 Å². The lowest BCUT2D eigenvalue weighted by molar-refractivity contribution is 0.300. The van der Waals surface area contributed by atoms with Crippen molar-refractivity contribution >= 4 is 28.6 Å². The number of ether oxygens (including phenoxy) is 1. The van der Waals surface area contributed by atoms with Crippen LogP contribution in [0.4, 0.5) is 5.82 Å². The fourth-order valence-electron chi connectivity index (χ4n) is 3.62. The number of hydrogen-bond donors (Lipinski definition) is 2. The van der Waals surface area contributed by atoms with E-state index < -0.39 is 0 Å². The average molecular weight is 453 g/mol. The van der Waals surface area contributed by atoms with Gasteiger partial charge in [0.15, 0.2) is 0 Å². The molecule has 5 rings (SSSR count). The molecule has 4 aromatic rings. The second-order valence-electron chi connectivity index (χ2n) is 7.92. The first-order chi connectivity index (χ1) is 16.2. The van der Waals surface area contributed by atoms with Gasteiger partial charge in [-0.2, -0.15) is 10.5 Å². The van der Waals surface area contributed by atoms with Crippen LogP contribution in [0.2, 0.25) is 0 Å². The van der Waals surface area contributed by atoms with Crippen LogP contribution in [0.15, 0.2) is 53.6 Å². The Kier molecular flexibility index (Phi) is 5.60. The van der Waals surface area contributed by atoms with E-state index >= 15 is 0 Å². The van der Waals surface area contributed by atoms with Crippen LogP contribution >= 0.6 is 11.8 Å². The summed E-state index contributed by atoms with van der Waals surface area (Å²) in [6.07, 6.45) is 2.44. The number of nitrogens with one attached hydrogen (secondary N) is 1. The highest BCUT2D eigenvalue weighted by Gasteiger charge is 2.23. The van der Waals surface area contributed by atoms with Crippen molar-refractivity contribution in [3.63, 3.8) is 0 Å². The topological polar surface area (TPSA) is 124 Å². The Hall–Kier alpha value is -4.01. The van der Waals surface area contributed by atoms with Gasteiger partial charge in [-0.15, -0.1) is 0 Å². The van der Waals surface area contributed by atoms with Gasteiger partial charge in [0, 0.05) is 5.56 Å². The monoisotopic (exact) mass is 452 g/mol. The minimum atomic E-state index is 0.104. The Bertz CT molecular complexity index is 1380. The SMILES string of the molecule is N#Cc1c(N)nc(SCc2nc3ccccc3[nH]2)c(C#N)c1-c1ccc(OCC2CC2)cc1. The minimum Gasteiger partial charge on any atom is -0.493 e. The molecule has 0 bridgehead atoms. The maximum Gasteiger partial charge on any atom is 0.143 e. The van der Waals surface area contributed by atoms with Crippen LogP contribution in [0.5, 0.6) is 5.75 Å². The van der Waals surface area contributed by atoms with Gasteiger partial charge in [-0.1, -0.05) is 36.0 Å². The molecule has 3 N–H and O–H groups in total. The summed E-state index contributed by atoms with van der Waals surface area (Å²) in [5, 5.41) is 20.2. The molecule has 2 aromatic carbocycles. The second-order valence-corrected chi connectivity index (χ2v) is 8.88. The van der Waals surface area contributed by atoms with Crippen molar-refractivity contribution in [3.8, 4) is 29.0 Å². The lowest BCUT2D eigenvalue weighted by Gasteiger charge is -2.13. The van der Waals surface area contributed by atoms with Crippen LogP contribution in [-0.2, 0) is 5.75 Å². The lowest BCUT2D eigenvalue weighted by Crippen LogP contribution is -2.04. The summed E-state index contributed by atoms with van der Waals surface area (Å²) < 4.78 is 5.81. The first-order valence-electron chi connectivity index (χ1n) is 10.6. The number of rotatable bonds is 7. The third kappa shape index (κ3) is 4.34. The van der Waals surface area contributed by atoms with Crippen LogP contribution in [0.3, 0.4) is 0 Å². The van der Waals surface area contributed by atoms with Crippen LogP contribution in [0.25, 0.3) is 22.2 Å². The number of aromatic nitrogens is 3. The van der Waals surface area contributed by atoms with E-state index in [-0.39, 0.29) is 11.4 Å². The van der Waals surface area contributed by atoms with Crippen molar-refractivity contribution in [3.05, 3.63) is 65.5 Å². The summed E-state index contributed by atoms with van der Waals surface area (Å²) in [6, 6.07) is 19.6. The Balaban J connectivity index is 1.46. The smallest absolute Gasteiger partial charge is 0.143 e. The van der Waals surface area contributed by atoms with Gasteiger partial charge in [-0.25, -0.2) is 9.97 Å². The average Bonchev–Trinajstić information content (AvgIpc) is 3.58. The largest absolute Gasteiger partial charge is 0.493 e. The van der Waals surface area contributed by atoms with E-state index in [0.29, 0.717) is 27.8 Å². The molecule has 0 unspecified atom stereocenters. The Morgan fingerprint density at radius 3 is 2.48 bits per heavy atom. The van der Waals surface area contributed by atoms with Gasteiger partial charge in [-0.3, -0.25) is 0 Å². The number of benzene rings is 2. The molecule has 33 heavy (non-hydrogen) atoms. The van der Waals surface area contributed by atoms with E-state index in [4.69, 9.17) is 10.5 Å². The van der Waals surface area contributed by atoms with E-state index in [9.17, 15) is 10.5 Å². The van der Waals surface area contributed by atoms with Gasteiger partial charge in [0.05, 0.1) is 29.0 Å². The first kappa shape index (κ1) is 20.9. The molecule has 7 nitrogen and oxygen atoms in total. The highest BCUT2D eigenvalue weighted by Crippen LogP contribution is 2.37. The number of H-pyrrole nitrogens is 1. The number of aromatic amines is 1. The summed E-state index contributed by atoms with van der Waals surface area (Å²) in [5.41, 5.74) is 9.71. The normalized spacial score (nSPS) is 12.9. The predicted molar refractivity (Wildman–Crippen MR) is 127 cm³/mol. The van der Waals surface area contributed by atoms with Gasteiger partial charge in [0.25, 0.3) is 0 Å². The second kappa shape index (κ2) is 8.85. The van der Waals surface area contributed by atoms with Crippen molar-refractivity contribution < 1.29 is 4.74 Å². The van der Waals surface area contributed by atoms with Crippen molar-refractivity contribution in [2.75, 3.05) is 12.3 Å². The molecule has 0 saturated heterocycles. The number of anilines is 1. The Labute approximate surface area is 195 Å². The zero-order chi connectivity index (χ0) is 22.8. The fraction of sp³-hybridized carbons (Fsp3) is 0.200. The maximum absolute atomic E-state index is 9.99. The van der Waals surface area contributed by atoms with Crippen LogP contribution in [0.1, 0.15) is 29.8 Å². The standard InChI is InChI=1S/C25H20N6OS/c26-11-18-23(16-7-9-17(10-8-16)32-13-15-5-6-15)19(12-27)25(31-24(18)28)33-14-22-29-20-3-1-2-4-21(20)30-22/h1-4,7-10,15H,5-6,13-14H2,(H2,28,31)(H,29,30). The zero-order valence-corrected chi connectivity index (χ0v) is 18.5. The summed E-state index contributed by atoms with van der Waals surface area (Å²) in [6.45, 7) is 0.719. The molecule has 2 heterocycles. The summed E-state index contributed by atoms with van der Waals surface area (Å²) in [7, 11) is 0. The molecule has 0 amide bonds. The quantitative estimate of drug-likeness (QED) is 0.377. The molecule has 0 radical (unpaired) electrons. The molecule has 2 aromatic heterocycles. The highest BCUT2D eigenvalue weighted by molar-refractivity contribution is 7.98. The molecule has 1 fully saturated rings. The third-order valence-corrected chi connectivity index (χ3v) is 6.51. The van der Waals surface area contributed by atoms with Crippen molar-refractivity contribution in [1.82, 2.24) is 15.0 Å². The predicted octanol–water partition coefficient (Wildman–Crippen LogP) is 5.03. The maximum atomic E-state index is 9.99. The summed E-state index contributed by atoms with van der Waals surface area (Å²) >= 11 is 1.36. The van der Waals surface area contributed by atoms with Gasteiger partial charge in [-0.05, 0) is 48.6 Å². The van der Waals surface area contributed by atoms with Crippen molar-refractivity contribution in [1.29, 1.82) is 10.5 Å². The molecule has 1 aliphatic rings. The number of nitrogens with two attached hydrogens (primary N) is 1. The number of nitrogen functional groups attached to an aromatic ring is 1. The van der Waals surface area contributed by atoms with Gasteiger partial charge in [0.2, 0.25) is 0 Å². The van der Waals surface area contributed by atoms with Crippen LogP contribution < -0.4 is 10.5 Å². The minimum absolute atomic E-state index is 0.104. The number of fused-ring (bicyclic) bond motifs is 1. The number of nitrogens with zero attached hydrogens (tertiary/aromatic N) is 4. The molecule has 1 aliphatic carbocycles. The zero-order valence-electron chi connectivity index (χ0n) is 17.7. The van der Waals surface area contributed by atoms with Gasteiger partial charge < -0.3 is 15.5 Å². The summed E-state index contributed by atoms with van der Waals surface area (Å²) in [5.74, 6) is 2.78. The highest BCUT2D eigenvalue weighted by atomic mass is 32.2. The van der Waals surface area contributed by atoms with Crippen molar-refractivity contribution in [2.45, 2.75) is 23.6 Å². The van der Waals surface area contributed by atoms with E-state index in [0.717, 1.165) is 34.8 Å². The van der Waals surface area contributed by atoms with E-state index in [2.05, 4.69) is 27.1 Å². The number of nitriles is 2. The molecular formula is C25H20N6OS. The van der Waals surface area contributed by atoms with E-state index in [1.54, 1.807) is 0 Å². The lowest BCUT2D eigenvalue weighted by atomic mass is 9.97. The first-order valence-corrected chi connectivity index (χ1v) is 11.6. The molecule has 162 valence electrons. The number of pyridine rings is 1. The van der Waals surface area contributed by atoms with E-state index in [1.807, 2.05) is 48.5 Å². The molecular weight excluding hydrogens is 432 g/mol. The Morgan fingerprint density at radius 1 is 1.03 bits per heavy atom. The summed E-state index contributed by atoms with van der Waals surface area (Å²) in [4.78, 5) is 12.2. The number of thioether (sulfide) groups is 1. The Morgan fingerprint density at radius 2 is 1.79 bits per heavy atom. The number of imidazole rings is 1. The third-order valence-electron chi connectivity index (χ3n) is 5.53. The molecule has 8 heteroatoms. The van der Waals surface area contributed by atoms with Crippen LogP contribution in [-0.4, -0.2) is 21.6 Å². The van der Waals surface area contributed by atoms with E-state index in [1.165, 1.54) is 24.6 Å². The molecule has 0 atom stereocenters. The molecule has 0 aliphatic heterocycles. The number of hydrogen-bond acceptors (Lipinski definition) is 7. The fourth-order valence-corrected chi connectivity index (χ4v) is 4.48. The van der Waals surface area contributed by atoms with Gasteiger partial charge in [0.1, 0.15) is 40.1 Å². The van der Waals surface area contributed by atoms with Crippen molar-refractivity contribution in [2.24, 2.45) is 5.92 Å². The molecule has 1 saturated carbocycles. The van der Waals surface area contributed by atoms with Gasteiger partial charge >= 0.3 is 0 Å². The molecule has 0 spiro atoms. The number of para-hydroxylation sites is 2.